The van der Waals surface area contributed by atoms with Crippen LogP contribution in [0.25, 0.3) is 43.1 Å². The number of carbonyl (C=O) groups is 4. The van der Waals surface area contributed by atoms with Gasteiger partial charge in [-0.15, -0.1) is 0 Å². The standard InChI is InChI=1S/C50H46N2O4/c1-23(2)29-13-11-14-30(24(3)4)45(29)51-47(53)35-19-17-33-39-27(9)21-37-43-38(22-28(10)40(44(39)43)34-18-20-36(48(51)54)42(35)41(33)34)50(56)52(49(37)55)46-31(25(5)6)15-12-16-32(46)26(7)8/h11-26H,1-10H3. The molecule has 0 N–H and O–H groups in total. The predicted octanol–water partition coefficient (Wildman–Crippen LogP) is 12.4. The molecule has 6 nitrogen and oxygen atoms in total. The molecule has 0 spiro atoms. The first-order chi connectivity index (χ1) is 26.6. The first-order valence-corrected chi connectivity index (χ1v) is 19.9. The van der Waals surface area contributed by atoms with Gasteiger partial charge >= 0.3 is 0 Å². The van der Waals surface area contributed by atoms with Gasteiger partial charge in [-0.2, -0.15) is 0 Å². The summed E-state index contributed by atoms with van der Waals surface area (Å²) < 4.78 is 0. The van der Waals surface area contributed by atoms with E-state index in [9.17, 15) is 19.2 Å². The number of rotatable bonds is 6. The molecule has 280 valence electrons. The molecule has 4 amide bonds. The Morgan fingerprint density at radius 2 is 0.696 bits per heavy atom. The highest BCUT2D eigenvalue weighted by molar-refractivity contribution is 6.46. The van der Waals surface area contributed by atoms with Gasteiger partial charge in [0.1, 0.15) is 0 Å². The Hall–Kier alpha value is -5.88. The summed E-state index contributed by atoms with van der Waals surface area (Å²) in [6.45, 7) is 20.8. The van der Waals surface area contributed by atoms with Gasteiger partial charge in [0, 0.05) is 33.0 Å². The summed E-state index contributed by atoms with van der Waals surface area (Å²) in [7, 11) is 0. The number of fused-ring (bicyclic) bond motifs is 2. The number of anilines is 2. The minimum absolute atomic E-state index is 0.0937. The van der Waals surface area contributed by atoms with Crippen molar-refractivity contribution >= 4 is 78.1 Å². The van der Waals surface area contributed by atoms with Crippen molar-refractivity contribution in [3.63, 3.8) is 0 Å². The molecule has 0 aliphatic carbocycles. The zero-order valence-corrected chi connectivity index (χ0v) is 33.8. The monoisotopic (exact) mass is 738 g/mol. The maximum absolute atomic E-state index is 14.9. The molecule has 0 fully saturated rings. The molecule has 7 aromatic carbocycles. The fourth-order valence-electron chi connectivity index (χ4n) is 9.82. The van der Waals surface area contributed by atoms with E-state index < -0.39 is 0 Å². The molecule has 9 rings (SSSR count). The second kappa shape index (κ2) is 12.3. The van der Waals surface area contributed by atoms with E-state index in [4.69, 9.17) is 0 Å². The minimum Gasteiger partial charge on any atom is -0.268 e. The number of nitrogens with zero attached hydrogens (tertiary/aromatic N) is 2. The van der Waals surface area contributed by atoms with E-state index in [2.05, 4.69) is 55.4 Å². The van der Waals surface area contributed by atoms with Crippen LogP contribution in [0.2, 0.25) is 0 Å². The van der Waals surface area contributed by atoms with E-state index >= 15 is 0 Å². The van der Waals surface area contributed by atoms with Crippen LogP contribution in [0.3, 0.4) is 0 Å². The van der Waals surface area contributed by atoms with E-state index in [-0.39, 0.29) is 47.3 Å². The van der Waals surface area contributed by atoms with Crippen molar-refractivity contribution in [3.8, 4) is 0 Å². The van der Waals surface area contributed by atoms with Crippen LogP contribution in [-0.4, -0.2) is 23.6 Å². The third kappa shape index (κ3) is 4.62. The average molecular weight is 739 g/mol. The number of aryl methyl sites for hydroxylation is 2. The molecule has 0 aromatic heterocycles. The second-order valence-electron chi connectivity index (χ2n) is 17.1. The molecule has 0 saturated carbocycles. The Bertz CT molecular complexity index is 2750. The lowest BCUT2D eigenvalue weighted by Gasteiger charge is -2.34. The number of carbonyl (C=O) groups excluding carboxylic acids is 4. The zero-order valence-electron chi connectivity index (χ0n) is 33.8. The third-order valence-corrected chi connectivity index (χ3v) is 12.4. The summed E-state index contributed by atoms with van der Waals surface area (Å²) >= 11 is 0. The number of imide groups is 2. The normalized spacial score (nSPS) is 14.6. The summed E-state index contributed by atoms with van der Waals surface area (Å²) in [4.78, 5) is 62.1. The van der Waals surface area contributed by atoms with Gasteiger partial charge in [-0.25, -0.2) is 9.80 Å². The smallest absolute Gasteiger partial charge is 0.266 e. The fourth-order valence-corrected chi connectivity index (χ4v) is 9.82. The van der Waals surface area contributed by atoms with E-state index in [0.29, 0.717) is 44.4 Å². The zero-order chi connectivity index (χ0) is 39.8. The average Bonchev–Trinajstić information content (AvgIpc) is 3.15. The van der Waals surface area contributed by atoms with Gasteiger partial charge in [0.15, 0.2) is 0 Å². The summed E-state index contributed by atoms with van der Waals surface area (Å²) in [5, 5.41) is 6.67. The molecular weight excluding hydrogens is 693 g/mol. The molecule has 0 unspecified atom stereocenters. The van der Waals surface area contributed by atoms with E-state index in [1.807, 2.05) is 86.6 Å². The van der Waals surface area contributed by atoms with Crippen molar-refractivity contribution in [2.24, 2.45) is 0 Å². The van der Waals surface area contributed by atoms with E-state index in [0.717, 1.165) is 65.7 Å². The number of amides is 4. The minimum atomic E-state index is -0.329. The van der Waals surface area contributed by atoms with Crippen molar-refractivity contribution < 1.29 is 19.2 Å². The van der Waals surface area contributed by atoms with Crippen LogP contribution in [0, 0.1) is 13.8 Å². The first kappa shape index (κ1) is 35.8. The van der Waals surface area contributed by atoms with E-state index in [1.165, 1.54) is 9.80 Å². The highest BCUT2D eigenvalue weighted by Gasteiger charge is 2.41. The largest absolute Gasteiger partial charge is 0.268 e. The summed E-state index contributed by atoms with van der Waals surface area (Å²) in [5.74, 6) is -0.924. The van der Waals surface area contributed by atoms with Crippen LogP contribution < -0.4 is 9.80 Å². The maximum Gasteiger partial charge on any atom is 0.266 e. The molecule has 2 aliphatic rings. The first-order valence-electron chi connectivity index (χ1n) is 19.9. The number of benzene rings is 7. The molecule has 0 radical (unpaired) electrons. The van der Waals surface area contributed by atoms with Gasteiger partial charge in [-0.1, -0.05) is 104 Å². The van der Waals surface area contributed by atoms with Crippen LogP contribution in [0.1, 0.15) is 154 Å². The maximum atomic E-state index is 14.9. The van der Waals surface area contributed by atoms with E-state index in [1.54, 1.807) is 0 Å². The molecule has 2 aliphatic heterocycles. The number of hydrogen-bond donors (Lipinski definition) is 0. The van der Waals surface area contributed by atoms with Gasteiger partial charge in [-0.3, -0.25) is 19.2 Å². The second-order valence-corrected chi connectivity index (χ2v) is 17.1. The van der Waals surface area contributed by atoms with Crippen molar-refractivity contribution in [1.82, 2.24) is 0 Å². The molecule has 56 heavy (non-hydrogen) atoms. The highest BCUT2D eigenvalue weighted by atomic mass is 16.2. The van der Waals surface area contributed by atoms with Gasteiger partial charge in [0.05, 0.1) is 11.4 Å². The van der Waals surface area contributed by atoms with Crippen molar-refractivity contribution in [2.45, 2.75) is 92.9 Å². The topological polar surface area (TPSA) is 74.8 Å². The molecule has 2 heterocycles. The molecule has 6 heteroatoms. The van der Waals surface area contributed by atoms with Gasteiger partial charge in [0.25, 0.3) is 23.6 Å². The summed E-state index contributed by atoms with van der Waals surface area (Å²) in [6, 6.07) is 23.7. The Kier molecular flexibility index (Phi) is 7.87. The highest BCUT2D eigenvalue weighted by Crippen LogP contribution is 2.50. The van der Waals surface area contributed by atoms with Crippen molar-refractivity contribution in [1.29, 1.82) is 0 Å². The molecule has 0 saturated heterocycles. The Labute approximate surface area is 327 Å². The lowest BCUT2D eigenvalue weighted by molar-refractivity contribution is 0.0877. The Balaban J connectivity index is 1.33. The Morgan fingerprint density at radius 3 is 1.04 bits per heavy atom. The molecule has 0 bridgehead atoms. The SMILES string of the molecule is Cc1cc2c3c(cc(C)c4c5ccc6c7c(ccc(c1c34)c75)C(=O)N(c1c(C(C)C)cccc1C(C)C)C6=O)C(=O)N(c1c(C(C)C)cccc1C(C)C)C2=O. The predicted molar refractivity (Wildman–Crippen MR) is 229 cm³/mol. The molecule has 0 atom stereocenters. The number of hydrogen-bond acceptors (Lipinski definition) is 4. The lowest BCUT2D eigenvalue weighted by atomic mass is 9.79. The third-order valence-electron chi connectivity index (χ3n) is 12.4. The van der Waals surface area contributed by atoms with Crippen LogP contribution in [-0.2, 0) is 0 Å². The van der Waals surface area contributed by atoms with Gasteiger partial charge in [0.2, 0.25) is 0 Å². The van der Waals surface area contributed by atoms with Crippen LogP contribution in [0.15, 0.2) is 72.8 Å². The van der Waals surface area contributed by atoms with Crippen LogP contribution in [0.5, 0.6) is 0 Å². The molecule has 7 aromatic rings. The van der Waals surface area contributed by atoms with Crippen molar-refractivity contribution in [2.75, 3.05) is 9.80 Å². The summed E-state index contributed by atoms with van der Waals surface area (Å²) in [5.41, 5.74) is 8.99. The number of para-hydroxylation sites is 2. The van der Waals surface area contributed by atoms with Gasteiger partial charge in [-0.05, 0) is 127 Å². The van der Waals surface area contributed by atoms with Gasteiger partial charge < -0.3 is 0 Å². The van der Waals surface area contributed by atoms with Crippen LogP contribution >= 0.6 is 0 Å². The van der Waals surface area contributed by atoms with Crippen molar-refractivity contribution in [3.05, 3.63) is 128 Å². The quantitative estimate of drug-likeness (QED) is 0.0967. The lowest BCUT2D eigenvalue weighted by Crippen LogP contribution is -2.42. The molecular formula is C50H46N2O4. The fraction of sp³-hybridized carbons (Fsp3) is 0.280. The van der Waals surface area contributed by atoms with Crippen LogP contribution in [0.4, 0.5) is 11.4 Å². The Morgan fingerprint density at radius 1 is 0.375 bits per heavy atom. The summed E-state index contributed by atoms with van der Waals surface area (Å²) in [6.07, 6.45) is 0.